The Morgan fingerprint density at radius 3 is 2.63 bits per heavy atom. The first-order valence-electron chi connectivity index (χ1n) is 5.86. The van der Waals surface area contributed by atoms with Crippen molar-refractivity contribution >= 4 is 11.7 Å². The van der Waals surface area contributed by atoms with Crippen molar-refractivity contribution in [3.05, 3.63) is 36.0 Å². The van der Waals surface area contributed by atoms with Gasteiger partial charge in [0.15, 0.2) is 11.5 Å². The zero-order valence-corrected chi connectivity index (χ0v) is 10.7. The number of nitrogens with zero attached hydrogens (tertiary/aromatic N) is 2. The molecule has 2 rings (SSSR count). The number of hydrogen-bond acceptors (Lipinski definition) is 4. The Kier molecular flexibility index (Phi) is 3.41. The average Bonchev–Trinajstić information content (AvgIpc) is 2.80. The molecule has 0 spiro atoms. The SMILES string of the molecule is CC(C)n1nccc1NC(=O)c1ccc(O)c(O)c1. The summed E-state index contributed by atoms with van der Waals surface area (Å²) in [7, 11) is 0. The second kappa shape index (κ2) is 5.01. The minimum atomic E-state index is -0.377. The molecule has 0 bridgehead atoms. The molecule has 6 heteroatoms. The lowest BCUT2D eigenvalue weighted by Crippen LogP contribution is -2.16. The van der Waals surface area contributed by atoms with Crippen LogP contribution in [0.4, 0.5) is 5.82 Å². The fourth-order valence-electron chi connectivity index (χ4n) is 1.68. The molecule has 100 valence electrons. The Morgan fingerprint density at radius 1 is 1.26 bits per heavy atom. The van der Waals surface area contributed by atoms with Crippen LogP contribution in [0.5, 0.6) is 11.5 Å². The van der Waals surface area contributed by atoms with Crippen LogP contribution in [-0.4, -0.2) is 25.9 Å². The molecule has 0 atom stereocenters. The van der Waals surface area contributed by atoms with E-state index < -0.39 is 0 Å². The summed E-state index contributed by atoms with van der Waals surface area (Å²) in [6.45, 7) is 3.91. The number of nitrogens with one attached hydrogen (secondary N) is 1. The maximum atomic E-state index is 12.0. The molecular weight excluding hydrogens is 246 g/mol. The normalized spacial score (nSPS) is 10.7. The highest BCUT2D eigenvalue weighted by Gasteiger charge is 2.12. The molecule has 0 aliphatic rings. The molecule has 3 N–H and O–H groups in total. The van der Waals surface area contributed by atoms with E-state index in [0.717, 1.165) is 0 Å². The van der Waals surface area contributed by atoms with Crippen LogP contribution in [0.2, 0.25) is 0 Å². The summed E-state index contributed by atoms with van der Waals surface area (Å²) >= 11 is 0. The first-order valence-corrected chi connectivity index (χ1v) is 5.86. The van der Waals surface area contributed by atoms with E-state index in [4.69, 9.17) is 0 Å². The van der Waals surface area contributed by atoms with Gasteiger partial charge in [-0.1, -0.05) is 0 Å². The predicted molar refractivity (Wildman–Crippen MR) is 70.3 cm³/mol. The summed E-state index contributed by atoms with van der Waals surface area (Å²) in [6.07, 6.45) is 1.60. The number of carbonyl (C=O) groups is 1. The zero-order valence-electron chi connectivity index (χ0n) is 10.7. The van der Waals surface area contributed by atoms with Gasteiger partial charge in [0.25, 0.3) is 5.91 Å². The number of benzene rings is 1. The molecule has 0 fully saturated rings. The van der Waals surface area contributed by atoms with Gasteiger partial charge >= 0.3 is 0 Å². The van der Waals surface area contributed by atoms with Crippen LogP contribution in [0.3, 0.4) is 0 Å². The van der Waals surface area contributed by atoms with Gasteiger partial charge in [0, 0.05) is 17.7 Å². The lowest BCUT2D eigenvalue weighted by molar-refractivity contribution is 0.102. The van der Waals surface area contributed by atoms with Crippen LogP contribution in [0.15, 0.2) is 30.5 Å². The molecule has 1 aromatic carbocycles. The van der Waals surface area contributed by atoms with Gasteiger partial charge in [-0.05, 0) is 32.0 Å². The molecule has 0 radical (unpaired) electrons. The molecule has 1 amide bonds. The summed E-state index contributed by atoms with van der Waals surface area (Å²) < 4.78 is 1.68. The molecule has 0 saturated heterocycles. The van der Waals surface area contributed by atoms with E-state index >= 15 is 0 Å². The standard InChI is InChI=1S/C13H15N3O3/c1-8(2)16-12(5-6-14-16)15-13(19)9-3-4-10(17)11(18)7-9/h3-8,17-18H,1-2H3,(H,15,19). The summed E-state index contributed by atoms with van der Waals surface area (Å²) in [5.41, 5.74) is 0.256. The Hall–Kier alpha value is -2.50. The van der Waals surface area contributed by atoms with E-state index in [9.17, 15) is 15.0 Å². The van der Waals surface area contributed by atoms with Gasteiger partial charge in [0.1, 0.15) is 5.82 Å². The zero-order chi connectivity index (χ0) is 14.0. The second-order valence-electron chi connectivity index (χ2n) is 4.41. The van der Waals surface area contributed by atoms with E-state index in [2.05, 4.69) is 10.4 Å². The van der Waals surface area contributed by atoms with Crippen LogP contribution in [0.1, 0.15) is 30.2 Å². The monoisotopic (exact) mass is 261 g/mol. The topological polar surface area (TPSA) is 87.4 Å². The summed E-state index contributed by atoms with van der Waals surface area (Å²) in [5, 5.41) is 25.4. The van der Waals surface area contributed by atoms with E-state index in [-0.39, 0.29) is 29.0 Å². The van der Waals surface area contributed by atoms with Crippen molar-refractivity contribution < 1.29 is 15.0 Å². The molecule has 0 saturated carbocycles. The van der Waals surface area contributed by atoms with Crippen LogP contribution in [-0.2, 0) is 0 Å². The van der Waals surface area contributed by atoms with Gasteiger partial charge in [-0.3, -0.25) is 4.79 Å². The fraction of sp³-hybridized carbons (Fsp3) is 0.231. The number of rotatable bonds is 3. The minimum Gasteiger partial charge on any atom is -0.504 e. The van der Waals surface area contributed by atoms with Crippen molar-refractivity contribution in [1.29, 1.82) is 0 Å². The molecule has 6 nitrogen and oxygen atoms in total. The van der Waals surface area contributed by atoms with Gasteiger partial charge in [0.2, 0.25) is 0 Å². The third kappa shape index (κ3) is 2.67. The van der Waals surface area contributed by atoms with Crippen molar-refractivity contribution in [3.8, 4) is 11.5 Å². The number of carbonyl (C=O) groups excluding carboxylic acids is 1. The molecule has 19 heavy (non-hydrogen) atoms. The quantitative estimate of drug-likeness (QED) is 0.738. The highest BCUT2D eigenvalue weighted by molar-refractivity contribution is 6.04. The van der Waals surface area contributed by atoms with Gasteiger partial charge in [0.05, 0.1) is 6.20 Å². The van der Waals surface area contributed by atoms with Crippen LogP contribution < -0.4 is 5.32 Å². The Balaban J connectivity index is 2.21. The highest BCUT2D eigenvalue weighted by Crippen LogP contribution is 2.25. The molecule has 1 aromatic heterocycles. The van der Waals surface area contributed by atoms with E-state index in [1.165, 1.54) is 18.2 Å². The first kappa shape index (κ1) is 12.9. The Morgan fingerprint density at radius 2 is 2.00 bits per heavy atom. The predicted octanol–water partition coefficient (Wildman–Crippen LogP) is 2.13. The highest BCUT2D eigenvalue weighted by atomic mass is 16.3. The largest absolute Gasteiger partial charge is 0.504 e. The van der Waals surface area contributed by atoms with Crippen molar-refractivity contribution in [3.63, 3.8) is 0 Å². The molecule has 0 unspecified atom stereocenters. The molecule has 0 aliphatic carbocycles. The van der Waals surface area contributed by atoms with Gasteiger partial charge in [-0.15, -0.1) is 0 Å². The molecule has 0 aliphatic heterocycles. The summed E-state index contributed by atoms with van der Waals surface area (Å²) in [5.74, 6) is -0.390. The third-order valence-corrected chi connectivity index (χ3v) is 2.64. The maximum Gasteiger partial charge on any atom is 0.256 e. The van der Waals surface area contributed by atoms with Crippen molar-refractivity contribution in [2.24, 2.45) is 0 Å². The van der Waals surface area contributed by atoms with Crippen molar-refractivity contribution in [1.82, 2.24) is 9.78 Å². The number of hydrogen-bond donors (Lipinski definition) is 3. The number of anilines is 1. The Labute approximate surface area is 110 Å². The number of amides is 1. The van der Waals surface area contributed by atoms with Crippen molar-refractivity contribution in [2.75, 3.05) is 5.32 Å². The van der Waals surface area contributed by atoms with Crippen LogP contribution in [0, 0.1) is 0 Å². The number of aromatic nitrogens is 2. The number of phenolic OH excluding ortho intramolecular Hbond substituents is 2. The van der Waals surface area contributed by atoms with Crippen molar-refractivity contribution in [2.45, 2.75) is 19.9 Å². The van der Waals surface area contributed by atoms with Crippen LogP contribution >= 0.6 is 0 Å². The lowest BCUT2D eigenvalue weighted by atomic mass is 10.2. The van der Waals surface area contributed by atoms with Gasteiger partial charge < -0.3 is 15.5 Å². The molecule has 2 aromatic rings. The second-order valence-corrected chi connectivity index (χ2v) is 4.41. The minimum absolute atomic E-state index is 0.124. The smallest absolute Gasteiger partial charge is 0.256 e. The number of aromatic hydroxyl groups is 2. The summed E-state index contributed by atoms with van der Waals surface area (Å²) in [6, 6.07) is 5.72. The Bertz CT molecular complexity index is 605. The van der Waals surface area contributed by atoms with E-state index in [0.29, 0.717) is 5.82 Å². The van der Waals surface area contributed by atoms with Gasteiger partial charge in [-0.2, -0.15) is 5.10 Å². The first-order chi connectivity index (χ1) is 8.99. The van der Waals surface area contributed by atoms with Crippen LogP contribution in [0.25, 0.3) is 0 Å². The molecular formula is C13H15N3O3. The van der Waals surface area contributed by atoms with Gasteiger partial charge in [-0.25, -0.2) is 4.68 Å². The fourth-order valence-corrected chi connectivity index (χ4v) is 1.68. The molecule has 1 heterocycles. The van der Waals surface area contributed by atoms with E-state index in [1.54, 1.807) is 16.9 Å². The summed E-state index contributed by atoms with van der Waals surface area (Å²) in [4.78, 5) is 12.0. The number of phenols is 2. The lowest BCUT2D eigenvalue weighted by Gasteiger charge is -2.12. The van der Waals surface area contributed by atoms with E-state index in [1.807, 2.05) is 13.8 Å². The third-order valence-electron chi connectivity index (χ3n) is 2.64. The average molecular weight is 261 g/mol. The maximum absolute atomic E-state index is 12.0.